The number of nitrogens with one attached hydrogen (secondary N) is 1. The minimum absolute atomic E-state index is 0.541. The first-order valence-corrected chi connectivity index (χ1v) is 6.16. The average molecular weight is 229 g/mol. The highest BCUT2D eigenvalue weighted by molar-refractivity contribution is 5.66. The molecule has 0 aliphatic rings. The Labute approximate surface area is 102 Å². The van der Waals surface area contributed by atoms with Gasteiger partial charge < -0.3 is 5.73 Å². The van der Waals surface area contributed by atoms with Gasteiger partial charge in [-0.15, -0.1) is 0 Å². The molecule has 0 spiro atoms. The van der Waals surface area contributed by atoms with Gasteiger partial charge in [0.15, 0.2) is 0 Å². The van der Waals surface area contributed by atoms with Crippen LogP contribution in [-0.2, 0) is 0 Å². The lowest BCUT2D eigenvalue weighted by Gasteiger charge is -2.16. The van der Waals surface area contributed by atoms with Crippen molar-refractivity contribution in [3.63, 3.8) is 0 Å². The van der Waals surface area contributed by atoms with Crippen LogP contribution in [0.4, 0.5) is 5.82 Å². The third-order valence-corrected chi connectivity index (χ3v) is 3.27. The topological polar surface area (TPSA) is 54.7 Å². The molecule has 3 N–H and O–H groups in total. The SMILES string of the molecule is CCC(CC)c1ccccc1-c1cc(N)n[nH]1. The first kappa shape index (κ1) is 11.7. The smallest absolute Gasteiger partial charge is 0.145 e. The van der Waals surface area contributed by atoms with E-state index in [2.05, 4.69) is 48.3 Å². The minimum atomic E-state index is 0.541. The summed E-state index contributed by atoms with van der Waals surface area (Å²) in [4.78, 5) is 0. The largest absolute Gasteiger partial charge is 0.382 e. The van der Waals surface area contributed by atoms with E-state index in [0.29, 0.717) is 11.7 Å². The van der Waals surface area contributed by atoms with Crippen LogP contribution in [-0.4, -0.2) is 10.2 Å². The highest BCUT2D eigenvalue weighted by atomic mass is 15.2. The van der Waals surface area contributed by atoms with E-state index in [9.17, 15) is 0 Å². The molecular weight excluding hydrogens is 210 g/mol. The molecule has 0 amide bonds. The van der Waals surface area contributed by atoms with Crippen LogP contribution in [0.15, 0.2) is 30.3 Å². The zero-order chi connectivity index (χ0) is 12.3. The van der Waals surface area contributed by atoms with Gasteiger partial charge in [-0.3, -0.25) is 5.10 Å². The third kappa shape index (κ3) is 2.33. The van der Waals surface area contributed by atoms with Crippen molar-refractivity contribution >= 4 is 5.82 Å². The van der Waals surface area contributed by atoms with E-state index in [1.54, 1.807) is 0 Å². The quantitative estimate of drug-likeness (QED) is 0.842. The summed E-state index contributed by atoms with van der Waals surface area (Å²) < 4.78 is 0. The molecule has 0 unspecified atom stereocenters. The van der Waals surface area contributed by atoms with Gasteiger partial charge in [-0.05, 0) is 24.3 Å². The van der Waals surface area contributed by atoms with Crippen LogP contribution < -0.4 is 5.73 Å². The maximum absolute atomic E-state index is 5.66. The molecule has 0 saturated heterocycles. The molecule has 0 fully saturated rings. The van der Waals surface area contributed by atoms with Gasteiger partial charge in [0, 0.05) is 11.6 Å². The molecule has 17 heavy (non-hydrogen) atoms. The fourth-order valence-corrected chi connectivity index (χ4v) is 2.30. The molecule has 0 aliphatic heterocycles. The fourth-order valence-electron chi connectivity index (χ4n) is 2.30. The minimum Gasteiger partial charge on any atom is -0.382 e. The van der Waals surface area contributed by atoms with Crippen LogP contribution in [0, 0.1) is 0 Å². The number of hydrogen-bond donors (Lipinski definition) is 2. The lowest BCUT2D eigenvalue weighted by atomic mass is 9.89. The van der Waals surface area contributed by atoms with E-state index < -0.39 is 0 Å². The molecule has 1 aromatic carbocycles. The van der Waals surface area contributed by atoms with Crippen LogP contribution >= 0.6 is 0 Å². The Balaban J connectivity index is 2.47. The number of benzene rings is 1. The summed E-state index contributed by atoms with van der Waals surface area (Å²) in [6.07, 6.45) is 2.30. The molecule has 0 atom stereocenters. The highest BCUT2D eigenvalue weighted by Gasteiger charge is 2.13. The summed E-state index contributed by atoms with van der Waals surface area (Å²) in [7, 11) is 0. The predicted molar refractivity (Wildman–Crippen MR) is 71.8 cm³/mol. The number of nitrogens with zero attached hydrogens (tertiary/aromatic N) is 1. The monoisotopic (exact) mass is 229 g/mol. The normalized spacial score (nSPS) is 11.0. The van der Waals surface area contributed by atoms with Gasteiger partial charge in [-0.1, -0.05) is 38.1 Å². The first-order chi connectivity index (χ1) is 8.26. The van der Waals surface area contributed by atoms with E-state index in [-0.39, 0.29) is 0 Å². The average Bonchev–Trinajstić information content (AvgIpc) is 2.78. The summed E-state index contributed by atoms with van der Waals surface area (Å²) in [6, 6.07) is 10.4. The van der Waals surface area contributed by atoms with Gasteiger partial charge in [0.25, 0.3) is 0 Å². The second kappa shape index (κ2) is 5.04. The number of rotatable bonds is 4. The van der Waals surface area contributed by atoms with E-state index in [4.69, 9.17) is 5.73 Å². The molecule has 3 heteroatoms. The summed E-state index contributed by atoms with van der Waals surface area (Å²) >= 11 is 0. The predicted octanol–water partition coefficient (Wildman–Crippen LogP) is 3.56. The van der Waals surface area contributed by atoms with Gasteiger partial charge in [0.1, 0.15) is 5.82 Å². The summed E-state index contributed by atoms with van der Waals surface area (Å²) in [5.74, 6) is 1.13. The lowest BCUT2D eigenvalue weighted by molar-refractivity contribution is 0.643. The fraction of sp³-hybridized carbons (Fsp3) is 0.357. The number of nitrogens with two attached hydrogens (primary N) is 1. The van der Waals surface area contributed by atoms with Crippen LogP contribution in [0.25, 0.3) is 11.3 Å². The van der Waals surface area contributed by atoms with Gasteiger partial charge in [0.2, 0.25) is 0 Å². The molecule has 90 valence electrons. The highest BCUT2D eigenvalue weighted by Crippen LogP contribution is 2.32. The molecule has 2 aromatic rings. The Morgan fingerprint density at radius 1 is 1.24 bits per heavy atom. The van der Waals surface area contributed by atoms with Crippen LogP contribution in [0.1, 0.15) is 38.2 Å². The number of anilines is 1. The first-order valence-electron chi connectivity index (χ1n) is 6.16. The van der Waals surface area contributed by atoms with Gasteiger partial charge in [-0.25, -0.2) is 0 Å². The van der Waals surface area contributed by atoms with Crippen molar-refractivity contribution in [3.8, 4) is 11.3 Å². The van der Waals surface area contributed by atoms with Gasteiger partial charge >= 0.3 is 0 Å². The standard InChI is InChI=1S/C14H19N3/c1-3-10(4-2)11-7-5-6-8-12(11)13-9-14(15)17-16-13/h5-10H,3-4H2,1-2H3,(H3,15,16,17). The van der Waals surface area contributed by atoms with Crippen molar-refractivity contribution < 1.29 is 0 Å². The van der Waals surface area contributed by atoms with E-state index in [0.717, 1.165) is 18.5 Å². The Morgan fingerprint density at radius 2 is 1.94 bits per heavy atom. The lowest BCUT2D eigenvalue weighted by Crippen LogP contribution is -1.98. The van der Waals surface area contributed by atoms with E-state index >= 15 is 0 Å². The number of hydrogen-bond acceptors (Lipinski definition) is 2. The van der Waals surface area contributed by atoms with Crippen LogP contribution in [0.5, 0.6) is 0 Å². The van der Waals surface area contributed by atoms with Crippen LogP contribution in [0.3, 0.4) is 0 Å². The van der Waals surface area contributed by atoms with Crippen molar-refractivity contribution in [1.29, 1.82) is 0 Å². The number of aromatic nitrogens is 2. The molecule has 0 radical (unpaired) electrons. The molecule has 1 heterocycles. The second-order valence-electron chi connectivity index (χ2n) is 4.31. The van der Waals surface area contributed by atoms with Crippen molar-refractivity contribution in [2.75, 3.05) is 5.73 Å². The summed E-state index contributed by atoms with van der Waals surface area (Å²) in [5.41, 5.74) is 9.26. The summed E-state index contributed by atoms with van der Waals surface area (Å²) in [6.45, 7) is 4.46. The Kier molecular flexibility index (Phi) is 3.47. The second-order valence-corrected chi connectivity index (χ2v) is 4.31. The van der Waals surface area contributed by atoms with Crippen LogP contribution in [0.2, 0.25) is 0 Å². The summed E-state index contributed by atoms with van der Waals surface area (Å²) in [5, 5.41) is 6.99. The molecule has 3 nitrogen and oxygen atoms in total. The maximum Gasteiger partial charge on any atom is 0.145 e. The van der Waals surface area contributed by atoms with Crippen molar-refractivity contribution in [1.82, 2.24) is 10.2 Å². The zero-order valence-corrected chi connectivity index (χ0v) is 10.4. The number of aromatic amines is 1. The van der Waals surface area contributed by atoms with Gasteiger partial charge in [-0.2, -0.15) is 5.10 Å². The Bertz CT molecular complexity index is 484. The van der Waals surface area contributed by atoms with Crippen molar-refractivity contribution in [2.45, 2.75) is 32.6 Å². The zero-order valence-electron chi connectivity index (χ0n) is 10.4. The van der Waals surface area contributed by atoms with Crippen molar-refractivity contribution in [3.05, 3.63) is 35.9 Å². The van der Waals surface area contributed by atoms with Gasteiger partial charge in [0.05, 0.1) is 5.69 Å². The molecule has 0 aliphatic carbocycles. The van der Waals surface area contributed by atoms with E-state index in [1.807, 2.05) is 6.07 Å². The maximum atomic E-state index is 5.66. The molecule has 0 bridgehead atoms. The molecule has 2 rings (SSSR count). The molecule has 1 aromatic heterocycles. The Hall–Kier alpha value is -1.77. The third-order valence-electron chi connectivity index (χ3n) is 3.27. The van der Waals surface area contributed by atoms with Crippen molar-refractivity contribution in [2.24, 2.45) is 0 Å². The number of nitrogen functional groups attached to an aromatic ring is 1. The number of H-pyrrole nitrogens is 1. The Morgan fingerprint density at radius 3 is 2.53 bits per heavy atom. The molecule has 0 saturated carbocycles. The molecular formula is C14H19N3. The van der Waals surface area contributed by atoms with E-state index in [1.165, 1.54) is 11.1 Å².